The number of hydrogen-bond acceptors (Lipinski definition) is 3. The van der Waals surface area contributed by atoms with Crippen LogP contribution in [0.4, 0.5) is 19.0 Å². The Kier molecular flexibility index (Phi) is 4.91. The van der Waals surface area contributed by atoms with Gasteiger partial charge in [-0.15, -0.1) is 0 Å². The van der Waals surface area contributed by atoms with Crippen LogP contribution in [0, 0.1) is 0 Å². The molecule has 3 aromatic rings. The summed E-state index contributed by atoms with van der Waals surface area (Å²) in [5, 5.41) is 2.56. The van der Waals surface area contributed by atoms with E-state index in [4.69, 9.17) is 5.73 Å². The quantitative estimate of drug-likeness (QED) is 0.717. The van der Waals surface area contributed by atoms with E-state index < -0.39 is 23.6 Å². The van der Waals surface area contributed by atoms with Crippen LogP contribution >= 0.6 is 0 Å². The van der Waals surface area contributed by atoms with E-state index in [1.807, 2.05) is 0 Å². The molecule has 0 saturated carbocycles. The Bertz CT molecular complexity index is 1040. The van der Waals surface area contributed by atoms with Crippen LogP contribution in [-0.4, -0.2) is 21.4 Å². The second-order valence-corrected chi connectivity index (χ2v) is 6.00. The van der Waals surface area contributed by atoms with Crippen LogP contribution in [0.15, 0.2) is 54.7 Å². The number of nitrogens with one attached hydrogen (secondary N) is 1. The molecule has 0 aliphatic carbocycles. The van der Waals surface area contributed by atoms with E-state index in [9.17, 15) is 22.8 Å². The van der Waals surface area contributed by atoms with Gasteiger partial charge in [0.05, 0.1) is 5.56 Å². The molecule has 0 fully saturated rings. The number of rotatable bonds is 4. The van der Waals surface area contributed by atoms with Crippen molar-refractivity contribution < 1.29 is 22.8 Å². The summed E-state index contributed by atoms with van der Waals surface area (Å²) in [5.74, 6) is -1.16. The zero-order chi connectivity index (χ0) is 20.5. The van der Waals surface area contributed by atoms with E-state index in [1.54, 1.807) is 31.3 Å². The van der Waals surface area contributed by atoms with Gasteiger partial charge in [-0.05, 0) is 29.3 Å². The van der Waals surface area contributed by atoms with E-state index in [-0.39, 0.29) is 17.2 Å². The van der Waals surface area contributed by atoms with Gasteiger partial charge in [0.15, 0.2) is 5.82 Å². The lowest BCUT2D eigenvalue weighted by Crippen LogP contribution is -2.16. The minimum absolute atomic E-state index is 0.0219. The Morgan fingerprint density at radius 1 is 1.07 bits per heavy atom. The van der Waals surface area contributed by atoms with Crippen LogP contribution in [0.25, 0.3) is 11.1 Å². The Morgan fingerprint density at radius 3 is 2.29 bits per heavy atom. The number of hydrogen-bond donors (Lipinski definition) is 2. The number of nitrogens with two attached hydrogens (primary N) is 1. The van der Waals surface area contributed by atoms with Crippen molar-refractivity contribution in [1.82, 2.24) is 9.55 Å². The number of halogens is 3. The lowest BCUT2D eigenvalue weighted by atomic mass is 9.98. The van der Waals surface area contributed by atoms with Gasteiger partial charge in [-0.25, -0.2) is 4.98 Å². The van der Waals surface area contributed by atoms with E-state index in [0.717, 1.165) is 12.1 Å². The molecule has 0 radical (unpaired) electrons. The molecule has 0 atom stereocenters. The molecular weight excluding hydrogens is 373 g/mol. The molecular formula is C19H15F3N4O2. The van der Waals surface area contributed by atoms with E-state index >= 15 is 0 Å². The zero-order valence-corrected chi connectivity index (χ0v) is 14.6. The number of aromatic nitrogens is 2. The Morgan fingerprint density at radius 2 is 1.71 bits per heavy atom. The third kappa shape index (κ3) is 3.88. The average molecular weight is 388 g/mol. The molecule has 28 heavy (non-hydrogen) atoms. The van der Waals surface area contributed by atoms with Gasteiger partial charge in [-0.1, -0.05) is 30.3 Å². The fraction of sp³-hybridized carbons (Fsp3) is 0.105. The maximum atomic E-state index is 12.8. The van der Waals surface area contributed by atoms with Crippen LogP contribution in [0.2, 0.25) is 0 Å². The molecule has 6 nitrogen and oxygen atoms in total. The molecule has 3 rings (SSSR count). The second-order valence-electron chi connectivity index (χ2n) is 6.00. The highest BCUT2D eigenvalue weighted by molar-refractivity contribution is 6.08. The van der Waals surface area contributed by atoms with Crippen molar-refractivity contribution in [2.24, 2.45) is 12.8 Å². The van der Waals surface area contributed by atoms with Gasteiger partial charge >= 0.3 is 6.18 Å². The fourth-order valence-corrected chi connectivity index (χ4v) is 2.71. The lowest BCUT2D eigenvalue weighted by molar-refractivity contribution is -0.137. The molecule has 1 aromatic heterocycles. The summed E-state index contributed by atoms with van der Waals surface area (Å²) in [6.07, 6.45) is -3.01. The summed E-state index contributed by atoms with van der Waals surface area (Å²) in [4.78, 5) is 27.9. The maximum absolute atomic E-state index is 12.8. The zero-order valence-electron chi connectivity index (χ0n) is 14.6. The Balaban J connectivity index is 1.90. The number of aryl methyl sites for hydroxylation is 1. The molecule has 2 aromatic carbocycles. The van der Waals surface area contributed by atoms with E-state index in [0.29, 0.717) is 11.1 Å². The third-order valence-corrected chi connectivity index (χ3v) is 4.03. The van der Waals surface area contributed by atoms with Gasteiger partial charge in [0.2, 0.25) is 5.82 Å². The normalized spacial score (nSPS) is 11.3. The van der Waals surface area contributed by atoms with Crippen molar-refractivity contribution >= 4 is 17.6 Å². The average Bonchev–Trinajstić information content (AvgIpc) is 3.01. The van der Waals surface area contributed by atoms with E-state index in [2.05, 4.69) is 10.3 Å². The topological polar surface area (TPSA) is 90.0 Å². The molecule has 0 aliphatic rings. The summed E-state index contributed by atoms with van der Waals surface area (Å²) >= 11 is 0. The standard InChI is InChI=1S/C19H15F3N4O2/c1-26-10-15(24-17(26)16(23)27)25-18(28)14-5-3-2-4-13(14)11-6-8-12(9-7-11)19(20,21)22/h2-10H,1H3,(H2,23,27)(H,25,28). The highest BCUT2D eigenvalue weighted by atomic mass is 19.4. The van der Waals surface area contributed by atoms with Crippen molar-refractivity contribution in [3.8, 4) is 11.1 Å². The fourth-order valence-electron chi connectivity index (χ4n) is 2.71. The first kappa shape index (κ1) is 19.2. The number of alkyl halides is 3. The van der Waals surface area contributed by atoms with Crippen LogP contribution < -0.4 is 11.1 Å². The molecule has 0 unspecified atom stereocenters. The molecule has 9 heteroatoms. The SMILES string of the molecule is Cn1cc(NC(=O)c2ccccc2-c2ccc(C(F)(F)F)cc2)nc1C(N)=O. The molecule has 1 heterocycles. The van der Waals surface area contributed by atoms with Gasteiger partial charge in [-0.2, -0.15) is 13.2 Å². The van der Waals surface area contributed by atoms with Gasteiger partial charge in [0.25, 0.3) is 11.8 Å². The highest BCUT2D eigenvalue weighted by Crippen LogP contribution is 2.32. The van der Waals surface area contributed by atoms with Crippen LogP contribution in [0.1, 0.15) is 26.5 Å². The molecule has 2 amide bonds. The van der Waals surface area contributed by atoms with Gasteiger partial charge in [-0.3, -0.25) is 9.59 Å². The molecule has 0 saturated heterocycles. The van der Waals surface area contributed by atoms with Gasteiger partial charge in [0.1, 0.15) is 0 Å². The summed E-state index contributed by atoms with van der Waals surface area (Å²) < 4.78 is 39.6. The highest BCUT2D eigenvalue weighted by Gasteiger charge is 2.30. The van der Waals surface area contributed by atoms with Crippen molar-refractivity contribution in [2.45, 2.75) is 6.18 Å². The number of nitrogens with zero attached hydrogens (tertiary/aromatic N) is 2. The smallest absolute Gasteiger partial charge is 0.363 e. The minimum atomic E-state index is -4.44. The van der Waals surface area contributed by atoms with Gasteiger partial charge in [0, 0.05) is 18.8 Å². The monoisotopic (exact) mass is 388 g/mol. The van der Waals surface area contributed by atoms with Crippen molar-refractivity contribution in [3.05, 3.63) is 71.7 Å². The first-order valence-electron chi connectivity index (χ1n) is 8.08. The van der Waals surface area contributed by atoms with Crippen LogP contribution in [0.5, 0.6) is 0 Å². The number of primary amides is 1. The number of benzene rings is 2. The summed E-state index contributed by atoms with van der Waals surface area (Å²) in [6.45, 7) is 0. The largest absolute Gasteiger partial charge is 0.416 e. The number of carbonyl (C=O) groups excluding carboxylic acids is 2. The molecule has 144 valence electrons. The molecule has 0 bridgehead atoms. The summed E-state index contributed by atoms with van der Waals surface area (Å²) in [7, 11) is 1.55. The molecule has 3 N–H and O–H groups in total. The van der Waals surface area contributed by atoms with Gasteiger partial charge < -0.3 is 15.6 Å². The van der Waals surface area contributed by atoms with Crippen LogP contribution in [0.3, 0.4) is 0 Å². The van der Waals surface area contributed by atoms with Crippen LogP contribution in [-0.2, 0) is 13.2 Å². The molecule has 0 aliphatic heterocycles. The van der Waals surface area contributed by atoms with Crippen molar-refractivity contribution in [2.75, 3.05) is 5.32 Å². The second kappa shape index (κ2) is 7.18. The third-order valence-electron chi connectivity index (χ3n) is 4.03. The number of amides is 2. The Hall–Kier alpha value is -3.62. The summed E-state index contributed by atoms with van der Waals surface area (Å²) in [6, 6.07) is 11.0. The van der Waals surface area contributed by atoms with E-state index in [1.165, 1.54) is 22.9 Å². The number of carbonyl (C=O) groups is 2. The number of imidazole rings is 1. The minimum Gasteiger partial charge on any atom is -0.363 e. The predicted molar refractivity (Wildman–Crippen MR) is 96.6 cm³/mol. The Labute approximate surface area is 157 Å². The first-order valence-corrected chi connectivity index (χ1v) is 8.08. The first-order chi connectivity index (χ1) is 13.2. The molecule has 0 spiro atoms. The summed E-state index contributed by atoms with van der Waals surface area (Å²) in [5.41, 5.74) is 5.58. The predicted octanol–water partition coefficient (Wildman–Crippen LogP) is 3.46. The van der Waals surface area contributed by atoms with Crippen molar-refractivity contribution in [1.29, 1.82) is 0 Å². The maximum Gasteiger partial charge on any atom is 0.416 e. The van der Waals surface area contributed by atoms with Crippen molar-refractivity contribution in [3.63, 3.8) is 0 Å². The number of anilines is 1. The lowest BCUT2D eigenvalue weighted by Gasteiger charge is -2.11.